The summed E-state index contributed by atoms with van der Waals surface area (Å²) < 4.78 is 8.30. The van der Waals surface area contributed by atoms with Gasteiger partial charge in [-0.05, 0) is 75.1 Å². The van der Waals surface area contributed by atoms with Gasteiger partial charge in [0.15, 0.2) is 0 Å². The summed E-state index contributed by atoms with van der Waals surface area (Å²) in [6.45, 7) is 8.04. The maximum absolute atomic E-state index is 5.95. The van der Waals surface area contributed by atoms with Crippen molar-refractivity contribution in [2.75, 3.05) is 6.61 Å². The highest BCUT2D eigenvalue weighted by Crippen LogP contribution is 2.26. The number of aromatic nitrogens is 2. The average molecular weight is 385 g/mol. The fourth-order valence-corrected chi connectivity index (χ4v) is 3.67. The van der Waals surface area contributed by atoms with E-state index in [9.17, 15) is 0 Å². The Hall–Kier alpha value is -3.07. The van der Waals surface area contributed by atoms with Gasteiger partial charge in [0.25, 0.3) is 0 Å². The molecule has 3 nitrogen and oxygen atoms in total. The number of rotatable bonds is 7. The van der Waals surface area contributed by atoms with E-state index in [-0.39, 0.29) is 0 Å². The number of para-hydroxylation sites is 2. The van der Waals surface area contributed by atoms with Crippen LogP contribution in [-0.4, -0.2) is 16.2 Å². The van der Waals surface area contributed by atoms with Gasteiger partial charge in [-0.3, -0.25) is 0 Å². The molecule has 4 rings (SSSR count). The zero-order chi connectivity index (χ0) is 20.2. The lowest BCUT2D eigenvalue weighted by Gasteiger charge is -2.11. The molecule has 148 valence electrons. The molecule has 4 aromatic rings. The Kier molecular flexibility index (Phi) is 5.66. The molecular weight excluding hydrogens is 356 g/mol. The van der Waals surface area contributed by atoms with Crippen molar-refractivity contribution >= 4 is 11.0 Å². The van der Waals surface area contributed by atoms with E-state index in [1.807, 2.05) is 0 Å². The van der Waals surface area contributed by atoms with Gasteiger partial charge in [-0.2, -0.15) is 0 Å². The summed E-state index contributed by atoms with van der Waals surface area (Å²) in [4.78, 5) is 4.92. The number of hydrogen-bond acceptors (Lipinski definition) is 2. The van der Waals surface area contributed by atoms with Gasteiger partial charge in [0.05, 0.1) is 17.6 Å². The van der Waals surface area contributed by atoms with Crippen molar-refractivity contribution in [3.05, 3.63) is 83.4 Å². The Morgan fingerprint density at radius 2 is 1.69 bits per heavy atom. The third-order valence-corrected chi connectivity index (χ3v) is 5.45. The van der Waals surface area contributed by atoms with E-state index in [0.717, 1.165) is 43.1 Å². The van der Waals surface area contributed by atoms with Crippen molar-refractivity contribution in [1.82, 2.24) is 9.55 Å². The van der Waals surface area contributed by atoms with E-state index < -0.39 is 0 Å². The molecular formula is C26H28N2O. The van der Waals surface area contributed by atoms with Crippen LogP contribution < -0.4 is 4.74 Å². The molecule has 0 N–H and O–H groups in total. The van der Waals surface area contributed by atoms with Gasteiger partial charge in [0.1, 0.15) is 11.6 Å². The minimum Gasteiger partial charge on any atom is -0.494 e. The monoisotopic (exact) mass is 384 g/mol. The second-order valence-corrected chi connectivity index (χ2v) is 7.75. The molecule has 1 heterocycles. The molecule has 0 atom stereocenters. The van der Waals surface area contributed by atoms with Crippen LogP contribution in [-0.2, 0) is 6.54 Å². The number of fused-ring (bicyclic) bond motifs is 1. The minimum atomic E-state index is 0.731. The van der Waals surface area contributed by atoms with Crippen molar-refractivity contribution in [1.29, 1.82) is 0 Å². The number of benzene rings is 3. The molecule has 0 radical (unpaired) electrons. The maximum atomic E-state index is 5.95. The number of imidazole rings is 1. The summed E-state index contributed by atoms with van der Waals surface area (Å²) in [5.74, 6) is 2.01. The molecule has 0 aliphatic heterocycles. The summed E-state index contributed by atoms with van der Waals surface area (Å²) in [6, 6.07) is 23.3. The first-order valence-corrected chi connectivity index (χ1v) is 10.3. The van der Waals surface area contributed by atoms with Crippen molar-refractivity contribution < 1.29 is 4.74 Å². The molecule has 0 amide bonds. The zero-order valence-electron chi connectivity index (χ0n) is 17.5. The molecule has 0 bridgehead atoms. The molecule has 0 unspecified atom stereocenters. The van der Waals surface area contributed by atoms with Crippen molar-refractivity contribution in [2.45, 2.75) is 40.2 Å². The van der Waals surface area contributed by atoms with Gasteiger partial charge in [0.2, 0.25) is 0 Å². The first kappa shape index (κ1) is 19.3. The molecule has 0 aliphatic rings. The minimum absolute atomic E-state index is 0.731. The fraction of sp³-hybridized carbons (Fsp3) is 0.269. The summed E-state index contributed by atoms with van der Waals surface area (Å²) in [5.41, 5.74) is 7.24. The van der Waals surface area contributed by atoms with E-state index in [4.69, 9.17) is 9.72 Å². The molecule has 0 spiro atoms. The van der Waals surface area contributed by atoms with Crippen molar-refractivity contribution in [3.63, 3.8) is 0 Å². The van der Waals surface area contributed by atoms with E-state index in [0.29, 0.717) is 0 Å². The fourth-order valence-electron chi connectivity index (χ4n) is 3.67. The second-order valence-electron chi connectivity index (χ2n) is 7.75. The van der Waals surface area contributed by atoms with Crippen LogP contribution in [0.3, 0.4) is 0 Å². The Balaban J connectivity index is 1.46. The maximum Gasteiger partial charge on any atom is 0.141 e. The first-order valence-electron chi connectivity index (χ1n) is 10.3. The predicted octanol–water partition coefficient (Wildman–Crippen LogP) is 6.49. The van der Waals surface area contributed by atoms with Gasteiger partial charge < -0.3 is 9.30 Å². The SMILES string of the molecule is Cc1cccc(-c2nc3ccccc3n2CCCCOc2ccc(C)c(C)c2)c1. The van der Waals surface area contributed by atoms with E-state index in [1.54, 1.807) is 0 Å². The van der Waals surface area contributed by atoms with E-state index in [1.165, 1.54) is 27.8 Å². The van der Waals surface area contributed by atoms with Crippen LogP contribution in [0.25, 0.3) is 22.4 Å². The summed E-state index contributed by atoms with van der Waals surface area (Å²) in [5, 5.41) is 0. The van der Waals surface area contributed by atoms with Crippen LogP contribution in [0, 0.1) is 20.8 Å². The lowest BCUT2D eigenvalue weighted by atomic mass is 10.1. The summed E-state index contributed by atoms with van der Waals surface area (Å²) in [7, 11) is 0. The van der Waals surface area contributed by atoms with Gasteiger partial charge in [-0.1, -0.05) is 42.0 Å². The second kappa shape index (κ2) is 8.52. The van der Waals surface area contributed by atoms with Gasteiger partial charge in [0, 0.05) is 12.1 Å². The van der Waals surface area contributed by atoms with Crippen LogP contribution >= 0.6 is 0 Å². The molecule has 3 aromatic carbocycles. The van der Waals surface area contributed by atoms with E-state index >= 15 is 0 Å². The lowest BCUT2D eigenvalue weighted by molar-refractivity contribution is 0.303. The Morgan fingerprint density at radius 1 is 0.828 bits per heavy atom. The van der Waals surface area contributed by atoms with Gasteiger partial charge in [-0.25, -0.2) is 4.98 Å². The zero-order valence-corrected chi connectivity index (χ0v) is 17.5. The molecule has 0 saturated carbocycles. The Labute approximate surface area is 173 Å². The van der Waals surface area contributed by atoms with Crippen LogP contribution in [0.5, 0.6) is 5.75 Å². The van der Waals surface area contributed by atoms with Gasteiger partial charge in [-0.15, -0.1) is 0 Å². The Bertz CT molecular complexity index is 1130. The highest BCUT2D eigenvalue weighted by atomic mass is 16.5. The molecule has 29 heavy (non-hydrogen) atoms. The average Bonchev–Trinajstić information content (AvgIpc) is 3.09. The highest BCUT2D eigenvalue weighted by molar-refractivity contribution is 5.80. The molecule has 0 aliphatic carbocycles. The Morgan fingerprint density at radius 3 is 2.52 bits per heavy atom. The third kappa shape index (κ3) is 4.34. The molecule has 1 aromatic heterocycles. The van der Waals surface area contributed by atoms with Crippen LogP contribution in [0.2, 0.25) is 0 Å². The van der Waals surface area contributed by atoms with Crippen LogP contribution in [0.1, 0.15) is 29.5 Å². The van der Waals surface area contributed by atoms with Gasteiger partial charge >= 0.3 is 0 Å². The summed E-state index contributed by atoms with van der Waals surface area (Å²) >= 11 is 0. The quantitative estimate of drug-likeness (QED) is 0.341. The normalized spacial score (nSPS) is 11.1. The largest absolute Gasteiger partial charge is 0.494 e. The van der Waals surface area contributed by atoms with Crippen molar-refractivity contribution in [2.24, 2.45) is 0 Å². The number of hydrogen-bond donors (Lipinski definition) is 0. The highest BCUT2D eigenvalue weighted by Gasteiger charge is 2.12. The molecule has 0 saturated heterocycles. The first-order chi connectivity index (χ1) is 14.1. The van der Waals surface area contributed by atoms with E-state index in [2.05, 4.69) is 92.1 Å². The number of ether oxygens (including phenoxy) is 1. The number of unbranched alkanes of at least 4 members (excludes halogenated alkanes) is 1. The van der Waals surface area contributed by atoms with Crippen molar-refractivity contribution in [3.8, 4) is 17.1 Å². The molecule has 0 fully saturated rings. The lowest BCUT2D eigenvalue weighted by Crippen LogP contribution is -2.04. The summed E-state index contributed by atoms with van der Waals surface area (Å²) in [6.07, 6.45) is 2.05. The topological polar surface area (TPSA) is 27.1 Å². The van der Waals surface area contributed by atoms with Crippen LogP contribution in [0.15, 0.2) is 66.7 Å². The smallest absolute Gasteiger partial charge is 0.141 e. The standard InChI is InChI=1S/C26H28N2O/c1-19-9-8-10-22(17-19)26-27-24-11-4-5-12-25(24)28(26)15-6-7-16-29-23-14-13-20(2)21(3)18-23/h4-5,8-14,17-18H,6-7,15-16H2,1-3H3. The third-order valence-electron chi connectivity index (χ3n) is 5.45. The number of aryl methyl sites for hydroxylation is 4. The van der Waals surface area contributed by atoms with Crippen LogP contribution in [0.4, 0.5) is 0 Å². The number of nitrogens with zero attached hydrogens (tertiary/aromatic N) is 2. The predicted molar refractivity (Wildman–Crippen MR) is 121 cm³/mol. The molecule has 3 heteroatoms.